The quantitative estimate of drug-likeness (QED) is 0.635. The first kappa shape index (κ1) is 15.6. The highest BCUT2D eigenvalue weighted by atomic mass is 16.5. The summed E-state index contributed by atoms with van der Waals surface area (Å²) in [5, 5.41) is 0. The van der Waals surface area contributed by atoms with Gasteiger partial charge in [0.1, 0.15) is 11.5 Å². The molecule has 0 atom stereocenters. The van der Waals surface area contributed by atoms with E-state index in [0.29, 0.717) is 11.8 Å². The van der Waals surface area contributed by atoms with Crippen molar-refractivity contribution >= 4 is 0 Å². The largest absolute Gasteiger partial charge is 0.457 e. The van der Waals surface area contributed by atoms with Crippen molar-refractivity contribution in [3.05, 3.63) is 58.7 Å². The van der Waals surface area contributed by atoms with Crippen LogP contribution in [0.4, 0.5) is 0 Å². The molecule has 0 aliphatic rings. The van der Waals surface area contributed by atoms with Crippen LogP contribution in [0.15, 0.2) is 36.4 Å². The van der Waals surface area contributed by atoms with Crippen molar-refractivity contribution in [3.63, 3.8) is 0 Å². The number of ether oxygens (including phenoxy) is 1. The lowest BCUT2D eigenvalue weighted by Gasteiger charge is -2.18. The fraction of sp³-hybridized carbons (Fsp3) is 0.400. The predicted molar refractivity (Wildman–Crippen MR) is 90.6 cm³/mol. The Labute approximate surface area is 129 Å². The summed E-state index contributed by atoms with van der Waals surface area (Å²) < 4.78 is 6.27. The summed E-state index contributed by atoms with van der Waals surface area (Å²) in [6.07, 6.45) is 0. The number of hydrogen-bond acceptors (Lipinski definition) is 1. The minimum atomic E-state index is 0.452. The van der Waals surface area contributed by atoms with Crippen molar-refractivity contribution in [2.75, 3.05) is 0 Å². The van der Waals surface area contributed by atoms with E-state index in [1.165, 1.54) is 22.3 Å². The molecule has 0 aromatic heterocycles. The molecule has 0 bridgehead atoms. The van der Waals surface area contributed by atoms with Crippen molar-refractivity contribution < 1.29 is 4.74 Å². The predicted octanol–water partition coefficient (Wildman–Crippen LogP) is 6.34. The molecule has 0 saturated carbocycles. The average Bonchev–Trinajstić information content (AvgIpc) is 2.42. The number of hydrogen-bond donors (Lipinski definition) is 0. The molecule has 112 valence electrons. The molecule has 1 heteroatoms. The molecule has 0 aliphatic heterocycles. The summed E-state index contributed by atoms with van der Waals surface area (Å²) in [5.74, 6) is 2.85. The Hall–Kier alpha value is -1.76. The Morgan fingerprint density at radius 2 is 1.05 bits per heavy atom. The number of benzene rings is 2. The van der Waals surface area contributed by atoms with E-state index in [1.54, 1.807) is 0 Å². The molecule has 0 heterocycles. The topological polar surface area (TPSA) is 9.23 Å². The van der Waals surface area contributed by atoms with Crippen molar-refractivity contribution in [2.24, 2.45) is 0 Å². The SMILES string of the molecule is Cc1ccc(Oc2ccc(C)cc2C(C)C)c(C(C)C)c1. The summed E-state index contributed by atoms with van der Waals surface area (Å²) in [4.78, 5) is 0. The van der Waals surface area contributed by atoms with Gasteiger partial charge in [-0.25, -0.2) is 0 Å². The summed E-state index contributed by atoms with van der Waals surface area (Å²) in [6, 6.07) is 12.9. The fourth-order valence-corrected chi connectivity index (χ4v) is 2.54. The molecular formula is C20H26O. The van der Waals surface area contributed by atoms with Crippen molar-refractivity contribution in [1.29, 1.82) is 0 Å². The molecule has 0 fully saturated rings. The lowest BCUT2D eigenvalue weighted by atomic mass is 9.98. The maximum absolute atomic E-state index is 6.27. The molecule has 2 aromatic rings. The van der Waals surface area contributed by atoms with E-state index >= 15 is 0 Å². The second kappa shape index (κ2) is 6.34. The molecular weight excluding hydrogens is 256 g/mol. The van der Waals surface area contributed by atoms with Crippen LogP contribution in [0.25, 0.3) is 0 Å². The van der Waals surface area contributed by atoms with Gasteiger partial charge in [-0.2, -0.15) is 0 Å². The molecule has 0 aliphatic carbocycles. The van der Waals surface area contributed by atoms with Gasteiger partial charge < -0.3 is 4.74 Å². The normalized spacial score (nSPS) is 11.2. The molecule has 0 radical (unpaired) electrons. The first-order chi connectivity index (χ1) is 9.88. The zero-order valence-electron chi connectivity index (χ0n) is 14.0. The molecule has 0 saturated heterocycles. The van der Waals surface area contributed by atoms with Crippen LogP contribution in [-0.2, 0) is 0 Å². The lowest BCUT2D eigenvalue weighted by Crippen LogP contribution is -1.98. The van der Waals surface area contributed by atoms with Gasteiger partial charge in [0.05, 0.1) is 0 Å². The Morgan fingerprint density at radius 3 is 1.38 bits per heavy atom. The van der Waals surface area contributed by atoms with E-state index in [0.717, 1.165) is 11.5 Å². The van der Waals surface area contributed by atoms with Crippen LogP contribution >= 0.6 is 0 Å². The van der Waals surface area contributed by atoms with E-state index in [4.69, 9.17) is 4.74 Å². The lowest BCUT2D eigenvalue weighted by molar-refractivity contribution is 0.464. The second-order valence-corrected chi connectivity index (χ2v) is 6.49. The van der Waals surface area contributed by atoms with Crippen LogP contribution in [0.1, 0.15) is 61.8 Å². The van der Waals surface area contributed by atoms with Crippen LogP contribution in [-0.4, -0.2) is 0 Å². The maximum atomic E-state index is 6.27. The average molecular weight is 282 g/mol. The van der Waals surface area contributed by atoms with Gasteiger partial charge in [0.25, 0.3) is 0 Å². The van der Waals surface area contributed by atoms with Gasteiger partial charge in [0, 0.05) is 0 Å². The van der Waals surface area contributed by atoms with E-state index in [9.17, 15) is 0 Å². The second-order valence-electron chi connectivity index (χ2n) is 6.49. The third-order valence-electron chi connectivity index (χ3n) is 3.79. The van der Waals surface area contributed by atoms with Crippen molar-refractivity contribution in [1.82, 2.24) is 0 Å². The molecule has 21 heavy (non-hydrogen) atoms. The van der Waals surface area contributed by atoms with Crippen molar-refractivity contribution in [3.8, 4) is 11.5 Å². The Morgan fingerprint density at radius 1 is 0.667 bits per heavy atom. The van der Waals surface area contributed by atoms with E-state index < -0.39 is 0 Å². The zero-order chi connectivity index (χ0) is 15.6. The number of aryl methyl sites for hydroxylation is 2. The monoisotopic (exact) mass is 282 g/mol. The van der Waals surface area contributed by atoms with Gasteiger partial charge in [-0.15, -0.1) is 0 Å². The highest BCUT2D eigenvalue weighted by molar-refractivity contribution is 5.46. The molecule has 0 amide bonds. The minimum Gasteiger partial charge on any atom is -0.457 e. The molecule has 2 aromatic carbocycles. The third kappa shape index (κ3) is 3.66. The first-order valence-electron chi connectivity index (χ1n) is 7.77. The third-order valence-corrected chi connectivity index (χ3v) is 3.79. The molecule has 0 spiro atoms. The Balaban J connectivity index is 2.43. The van der Waals surface area contributed by atoms with Crippen molar-refractivity contribution in [2.45, 2.75) is 53.4 Å². The van der Waals surface area contributed by atoms with Crippen LogP contribution in [0.3, 0.4) is 0 Å². The smallest absolute Gasteiger partial charge is 0.130 e. The van der Waals surface area contributed by atoms with E-state index in [-0.39, 0.29) is 0 Å². The standard InChI is InChI=1S/C20H26O/c1-13(2)17-11-15(5)7-9-19(17)21-20-10-8-16(6)12-18(20)14(3)4/h7-14H,1-6H3. The van der Waals surface area contributed by atoms with Gasteiger partial charge in [-0.3, -0.25) is 0 Å². The summed E-state index contributed by atoms with van der Waals surface area (Å²) in [6.45, 7) is 13.1. The highest BCUT2D eigenvalue weighted by Crippen LogP contribution is 2.35. The van der Waals surface area contributed by atoms with Gasteiger partial charge in [0.2, 0.25) is 0 Å². The zero-order valence-corrected chi connectivity index (χ0v) is 14.0. The van der Waals surface area contributed by atoms with Crippen LogP contribution in [0.5, 0.6) is 11.5 Å². The summed E-state index contributed by atoms with van der Waals surface area (Å²) in [5.41, 5.74) is 5.09. The fourth-order valence-electron chi connectivity index (χ4n) is 2.54. The van der Waals surface area contributed by atoms with Crippen LogP contribution in [0.2, 0.25) is 0 Å². The number of rotatable bonds is 4. The molecule has 0 N–H and O–H groups in total. The molecule has 2 rings (SSSR count). The summed E-state index contributed by atoms with van der Waals surface area (Å²) in [7, 11) is 0. The molecule has 0 unspecified atom stereocenters. The Bertz CT molecular complexity index is 568. The summed E-state index contributed by atoms with van der Waals surface area (Å²) >= 11 is 0. The highest BCUT2D eigenvalue weighted by Gasteiger charge is 2.13. The first-order valence-corrected chi connectivity index (χ1v) is 7.77. The maximum Gasteiger partial charge on any atom is 0.130 e. The van der Waals surface area contributed by atoms with E-state index in [1.807, 2.05) is 0 Å². The van der Waals surface area contributed by atoms with Gasteiger partial charge in [0.15, 0.2) is 0 Å². The van der Waals surface area contributed by atoms with E-state index in [2.05, 4.69) is 77.9 Å². The van der Waals surface area contributed by atoms with Crippen LogP contribution < -0.4 is 4.74 Å². The van der Waals surface area contributed by atoms with Gasteiger partial charge in [-0.05, 0) is 48.9 Å². The minimum absolute atomic E-state index is 0.452. The molecule has 1 nitrogen and oxygen atoms in total. The Kier molecular flexibility index (Phi) is 4.72. The van der Waals surface area contributed by atoms with Gasteiger partial charge in [-0.1, -0.05) is 63.1 Å². The van der Waals surface area contributed by atoms with Gasteiger partial charge >= 0.3 is 0 Å². The van der Waals surface area contributed by atoms with Crippen LogP contribution in [0, 0.1) is 13.8 Å².